The van der Waals surface area contributed by atoms with E-state index in [0.29, 0.717) is 6.42 Å². The summed E-state index contributed by atoms with van der Waals surface area (Å²) in [4.78, 5) is 21.2. The molecular weight excluding hydrogens is 264 g/mol. The summed E-state index contributed by atoms with van der Waals surface area (Å²) < 4.78 is 0. The summed E-state index contributed by atoms with van der Waals surface area (Å²) in [6.07, 6.45) is 5.62. The number of nitrogens with one attached hydrogen (secondary N) is 1. The van der Waals surface area contributed by atoms with E-state index in [9.17, 15) is 4.79 Å². The van der Waals surface area contributed by atoms with Crippen LogP contribution < -0.4 is 5.73 Å². The lowest BCUT2D eigenvalue weighted by Gasteiger charge is -2.27. The zero-order valence-corrected chi connectivity index (χ0v) is 12.1. The average Bonchev–Trinajstić information content (AvgIpc) is 3.14. The first-order valence-electron chi connectivity index (χ1n) is 7.21. The van der Waals surface area contributed by atoms with E-state index in [-0.39, 0.29) is 11.9 Å². The van der Waals surface area contributed by atoms with Gasteiger partial charge >= 0.3 is 0 Å². The van der Waals surface area contributed by atoms with Crippen molar-refractivity contribution >= 4 is 5.91 Å². The van der Waals surface area contributed by atoms with Gasteiger partial charge in [-0.3, -0.25) is 4.79 Å². The van der Waals surface area contributed by atoms with Gasteiger partial charge in [-0.05, 0) is 24.0 Å². The van der Waals surface area contributed by atoms with Crippen LogP contribution in [-0.2, 0) is 24.1 Å². The van der Waals surface area contributed by atoms with Gasteiger partial charge in [-0.15, -0.1) is 0 Å². The summed E-state index contributed by atoms with van der Waals surface area (Å²) in [6, 6.07) is 8.05. The highest BCUT2D eigenvalue weighted by Gasteiger charge is 2.29. The van der Waals surface area contributed by atoms with E-state index < -0.39 is 6.04 Å². The van der Waals surface area contributed by atoms with Crippen molar-refractivity contribution in [3.8, 4) is 0 Å². The number of nitrogens with zero attached hydrogens (tertiary/aromatic N) is 2. The molecule has 0 saturated carbocycles. The Labute approximate surface area is 124 Å². The third-order valence-electron chi connectivity index (χ3n) is 4.24. The highest BCUT2D eigenvalue weighted by Crippen LogP contribution is 2.25. The minimum Gasteiger partial charge on any atom is -0.348 e. The molecule has 1 aromatic heterocycles. The maximum Gasteiger partial charge on any atom is 0.239 e. The fraction of sp³-hybridized carbons (Fsp3) is 0.375. The van der Waals surface area contributed by atoms with Crippen molar-refractivity contribution in [2.45, 2.75) is 31.3 Å². The smallest absolute Gasteiger partial charge is 0.239 e. The first kappa shape index (κ1) is 13.8. The molecule has 1 heterocycles. The van der Waals surface area contributed by atoms with Gasteiger partial charge in [0, 0.05) is 31.4 Å². The zero-order chi connectivity index (χ0) is 14.8. The van der Waals surface area contributed by atoms with Gasteiger partial charge in [0.1, 0.15) is 0 Å². The van der Waals surface area contributed by atoms with E-state index >= 15 is 0 Å². The number of hydrogen-bond donors (Lipinski definition) is 2. The number of amides is 1. The Morgan fingerprint density at radius 2 is 2.10 bits per heavy atom. The second kappa shape index (κ2) is 5.69. The fourth-order valence-corrected chi connectivity index (χ4v) is 2.97. The summed E-state index contributed by atoms with van der Waals surface area (Å²) in [7, 11) is 1.85. The number of nitrogens with two attached hydrogens (primary N) is 1. The molecule has 2 aromatic rings. The van der Waals surface area contributed by atoms with Crippen molar-refractivity contribution in [3.05, 3.63) is 53.6 Å². The molecular formula is C16H20N4O. The van der Waals surface area contributed by atoms with Gasteiger partial charge in [0.15, 0.2) is 0 Å². The minimum atomic E-state index is -0.529. The zero-order valence-electron chi connectivity index (χ0n) is 12.1. The Morgan fingerprint density at radius 1 is 1.43 bits per heavy atom. The number of hydrogen-bond acceptors (Lipinski definition) is 3. The van der Waals surface area contributed by atoms with Crippen molar-refractivity contribution in [2.75, 3.05) is 7.05 Å². The summed E-state index contributed by atoms with van der Waals surface area (Å²) in [5.74, 6) is -0.0117. The minimum absolute atomic E-state index is 0.0117. The van der Waals surface area contributed by atoms with Crippen LogP contribution in [0.25, 0.3) is 0 Å². The molecule has 0 spiro atoms. The van der Waals surface area contributed by atoms with Crippen molar-refractivity contribution in [1.29, 1.82) is 0 Å². The van der Waals surface area contributed by atoms with Gasteiger partial charge in [-0.1, -0.05) is 24.3 Å². The lowest BCUT2D eigenvalue weighted by atomic mass is 10.1. The Bertz CT molecular complexity index is 598. The summed E-state index contributed by atoms with van der Waals surface area (Å²) in [6.45, 7) is 0. The van der Waals surface area contributed by atoms with E-state index in [0.717, 1.165) is 18.5 Å². The van der Waals surface area contributed by atoms with Crippen LogP contribution in [0.4, 0.5) is 0 Å². The molecule has 0 aliphatic heterocycles. The molecule has 1 atom stereocenters. The molecule has 3 N–H and O–H groups in total. The molecule has 0 unspecified atom stereocenters. The molecule has 5 heteroatoms. The maximum atomic E-state index is 12.5. The van der Waals surface area contributed by atoms with Crippen LogP contribution >= 0.6 is 0 Å². The molecule has 1 amide bonds. The van der Waals surface area contributed by atoms with Gasteiger partial charge in [0.25, 0.3) is 0 Å². The molecule has 0 bridgehead atoms. The predicted octanol–water partition coefficient (Wildman–Crippen LogP) is 0.905. The van der Waals surface area contributed by atoms with Crippen LogP contribution in [-0.4, -0.2) is 39.9 Å². The largest absolute Gasteiger partial charge is 0.348 e. The Balaban J connectivity index is 1.63. The SMILES string of the molecule is CN(C(=O)[C@@H](N)Cc1cnc[nH]1)C1Cc2ccccc2C1. The topological polar surface area (TPSA) is 75.0 Å². The molecule has 1 aromatic carbocycles. The van der Waals surface area contributed by atoms with Crippen LogP contribution in [0.15, 0.2) is 36.8 Å². The number of aromatic nitrogens is 2. The summed E-state index contributed by atoms with van der Waals surface area (Å²) in [5.41, 5.74) is 9.61. The number of rotatable bonds is 4. The van der Waals surface area contributed by atoms with Crippen LogP contribution in [0.1, 0.15) is 16.8 Å². The number of carbonyl (C=O) groups excluding carboxylic acids is 1. The molecule has 0 radical (unpaired) electrons. The van der Waals surface area contributed by atoms with Crippen molar-refractivity contribution in [2.24, 2.45) is 5.73 Å². The van der Waals surface area contributed by atoms with Crippen LogP contribution in [0.2, 0.25) is 0 Å². The molecule has 21 heavy (non-hydrogen) atoms. The van der Waals surface area contributed by atoms with Crippen LogP contribution in [0.3, 0.4) is 0 Å². The van der Waals surface area contributed by atoms with E-state index in [1.807, 2.05) is 19.2 Å². The normalized spacial score (nSPS) is 15.7. The van der Waals surface area contributed by atoms with Gasteiger partial charge in [-0.2, -0.15) is 0 Å². The van der Waals surface area contributed by atoms with Crippen molar-refractivity contribution in [3.63, 3.8) is 0 Å². The Morgan fingerprint density at radius 3 is 2.67 bits per heavy atom. The van der Waals surface area contributed by atoms with Gasteiger partial charge < -0.3 is 15.6 Å². The summed E-state index contributed by atoms with van der Waals surface area (Å²) >= 11 is 0. The second-order valence-corrected chi connectivity index (χ2v) is 5.67. The van der Waals surface area contributed by atoms with E-state index in [4.69, 9.17) is 5.73 Å². The average molecular weight is 284 g/mol. The molecule has 0 saturated heterocycles. The number of aromatic amines is 1. The van der Waals surface area contributed by atoms with Crippen molar-refractivity contribution in [1.82, 2.24) is 14.9 Å². The fourth-order valence-electron chi connectivity index (χ4n) is 2.97. The predicted molar refractivity (Wildman–Crippen MR) is 80.7 cm³/mol. The highest BCUT2D eigenvalue weighted by atomic mass is 16.2. The maximum absolute atomic E-state index is 12.5. The van der Waals surface area contributed by atoms with Crippen LogP contribution in [0.5, 0.6) is 0 Å². The number of H-pyrrole nitrogens is 1. The lowest BCUT2D eigenvalue weighted by molar-refractivity contribution is -0.133. The molecule has 110 valence electrons. The monoisotopic (exact) mass is 284 g/mol. The molecule has 0 fully saturated rings. The third kappa shape index (κ3) is 2.83. The third-order valence-corrected chi connectivity index (χ3v) is 4.24. The second-order valence-electron chi connectivity index (χ2n) is 5.67. The molecule has 3 rings (SSSR count). The number of imidazole rings is 1. The Kier molecular flexibility index (Phi) is 3.75. The van der Waals surface area contributed by atoms with Gasteiger partial charge in [0.05, 0.1) is 12.4 Å². The van der Waals surface area contributed by atoms with E-state index in [1.165, 1.54) is 11.1 Å². The van der Waals surface area contributed by atoms with Gasteiger partial charge in [-0.25, -0.2) is 4.98 Å². The lowest BCUT2D eigenvalue weighted by Crippen LogP contribution is -2.47. The number of likely N-dealkylation sites (N-methyl/N-ethyl adjacent to an activating group) is 1. The quantitative estimate of drug-likeness (QED) is 0.876. The first-order valence-corrected chi connectivity index (χ1v) is 7.21. The molecule has 5 nitrogen and oxygen atoms in total. The number of carbonyl (C=O) groups is 1. The first-order chi connectivity index (χ1) is 10.1. The highest BCUT2D eigenvalue weighted by molar-refractivity contribution is 5.82. The van der Waals surface area contributed by atoms with E-state index in [1.54, 1.807) is 17.4 Å². The summed E-state index contributed by atoms with van der Waals surface area (Å²) in [5, 5.41) is 0. The standard InChI is InChI=1S/C16H20N4O/c1-20(14-6-11-4-2-3-5-12(11)7-14)16(21)15(17)8-13-9-18-10-19-13/h2-5,9-10,14-15H,6-8,17H2,1H3,(H,18,19)/t15-/m0/s1. The Hall–Kier alpha value is -2.14. The number of fused-ring (bicyclic) bond motifs is 1. The van der Waals surface area contributed by atoms with Crippen LogP contribution in [0, 0.1) is 0 Å². The molecule has 1 aliphatic carbocycles. The van der Waals surface area contributed by atoms with Gasteiger partial charge in [0.2, 0.25) is 5.91 Å². The molecule has 1 aliphatic rings. The van der Waals surface area contributed by atoms with E-state index in [2.05, 4.69) is 22.1 Å². The van der Waals surface area contributed by atoms with Crippen molar-refractivity contribution < 1.29 is 4.79 Å². The number of benzene rings is 1.